The van der Waals surface area contributed by atoms with Gasteiger partial charge in [-0.15, -0.1) is 0 Å². The summed E-state index contributed by atoms with van der Waals surface area (Å²) < 4.78 is 0. The van der Waals surface area contributed by atoms with Gasteiger partial charge in [-0.25, -0.2) is 4.98 Å². The van der Waals surface area contributed by atoms with E-state index in [0.717, 1.165) is 0 Å². The van der Waals surface area contributed by atoms with Gasteiger partial charge >= 0.3 is 29.6 Å². The fourth-order valence-corrected chi connectivity index (χ4v) is 0.342. The maximum absolute atomic E-state index is 2.89. The maximum atomic E-state index is 2.89. The first kappa shape index (κ1) is 7.15. The minimum Gasteiger partial charge on any atom is -0.218 e. The van der Waals surface area contributed by atoms with Gasteiger partial charge in [0.15, 0.2) is 12.4 Å². The number of hydrogen-bond donors (Lipinski definition) is 0. The summed E-state index contributed by atoms with van der Waals surface area (Å²) in [6.07, 6.45) is 3.75. The smallest absolute Gasteiger partial charge is 0.218 e. The van der Waals surface area contributed by atoms with Crippen LogP contribution in [-0.4, -0.2) is 0 Å². The first-order valence-corrected chi connectivity index (χ1v) is 1.91. The molecular weight excluding hydrogens is 97.1 g/mol. The molecule has 0 amide bonds. The van der Waals surface area contributed by atoms with Gasteiger partial charge in [-0.05, 0) is 0 Å². The summed E-state index contributed by atoms with van der Waals surface area (Å²) in [5, 5.41) is 0. The molecule has 0 aliphatic carbocycles. The standard InChI is InChI=1S/C5H5N.Na/c1-2-4-6-5-3-1;/h1-5H;/q;+1/p+1. The molecule has 7 heavy (non-hydrogen) atoms. The zero-order chi connectivity index (χ0) is 4.24. The molecule has 30 valence electrons. The molecule has 1 rings (SSSR count). The minimum atomic E-state index is 0. The average molecular weight is 103 g/mol. The van der Waals surface area contributed by atoms with Crippen molar-refractivity contribution >= 4 is 0 Å². The van der Waals surface area contributed by atoms with E-state index in [0.29, 0.717) is 0 Å². The Morgan fingerprint density at radius 2 is 1.43 bits per heavy atom. The summed E-state index contributed by atoms with van der Waals surface area (Å²) in [6.45, 7) is 0. The Hall–Kier alpha value is 0.150. The fourth-order valence-electron chi connectivity index (χ4n) is 0.342. The quantitative estimate of drug-likeness (QED) is 0.322. The Kier molecular flexibility index (Phi) is 4.41. The van der Waals surface area contributed by atoms with Crippen LogP contribution in [0.15, 0.2) is 30.6 Å². The molecule has 1 aromatic rings. The van der Waals surface area contributed by atoms with Crippen molar-refractivity contribution in [3.63, 3.8) is 0 Å². The van der Waals surface area contributed by atoms with Crippen molar-refractivity contribution in [3.05, 3.63) is 30.6 Å². The van der Waals surface area contributed by atoms with E-state index < -0.39 is 0 Å². The molecule has 1 heterocycles. The van der Waals surface area contributed by atoms with Crippen LogP contribution in [0.5, 0.6) is 0 Å². The summed E-state index contributed by atoms with van der Waals surface area (Å²) in [5.41, 5.74) is 0. The Labute approximate surface area is 65.1 Å². The molecule has 0 saturated carbocycles. The van der Waals surface area contributed by atoms with Crippen LogP contribution in [0.2, 0.25) is 0 Å². The predicted molar refractivity (Wildman–Crippen MR) is 23.0 cm³/mol. The van der Waals surface area contributed by atoms with E-state index in [1.165, 1.54) is 0 Å². The third-order valence-corrected chi connectivity index (χ3v) is 0.607. The molecule has 0 atom stereocenters. The van der Waals surface area contributed by atoms with E-state index in [2.05, 4.69) is 4.98 Å². The van der Waals surface area contributed by atoms with Crippen molar-refractivity contribution in [2.24, 2.45) is 0 Å². The van der Waals surface area contributed by atoms with Gasteiger partial charge in [-0.3, -0.25) is 0 Å². The van der Waals surface area contributed by atoms with Crippen LogP contribution in [0.4, 0.5) is 0 Å². The molecule has 1 aromatic heterocycles. The first-order chi connectivity index (χ1) is 3.00. The Morgan fingerprint density at radius 3 is 1.57 bits per heavy atom. The predicted octanol–water partition coefficient (Wildman–Crippen LogP) is -2.50. The molecule has 0 saturated heterocycles. The number of aromatic amines is 1. The normalized spacial score (nSPS) is 6.86. The number of pyridine rings is 1. The van der Waals surface area contributed by atoms with Crippen molar-refractivity contribution in [2.45, 2.75) is 0 Å². The van der Waals surface area contributed by atoms with E-state index in [-0.39, 0.29) is 29.6 Å². The summed E-state index contributed by atoms with van der Waals surface area (Å²) in [6, 6.07) is 5.86. The van der Waals surface area contributed by atoms with Crippen LogP contribution in [0.25, 0.3) is 0 Å². The van der Waals surface area contributed by atoms with Gasteiger partial charge in [0.25, 0.3) is 0 Å². The number of H-pyrrole nitrogens is 1. The van der Waals surface area contributed by atoms with Crippen molar-refractivity contribution in [2.75, 3.05) is 0 Å². The molecule has 0 bridgehead atoms. The summed E-state index contributed by atoms with van der Waals surface area (Å²) in [7, 11) is 0. The second kappa shape index (κ2) is 4.31. The van der Waals surface area contributed by atoms with Gasteiger partial charge in [-0.1, -0.05) is 6.07 Å². The Bertz CT molecular complexity index is 80.0. The largest absolute Gasteiger partial charge is 1.00 e. The van der Waals surface area contributed by atoms with Gasteiger partial charge in [0.2, 0.25) is 0 Å². The zero-order valence-electron chi connectivity index (χ0n) is 4.39. The van der Waals surface area contributed by atoms with Gasteiger partial charge < -0.3 is 0 Å². The van der Waals surface area contributed by atoms with E-state index in [1.54, 1.807) is 0 Å². The van der Waals surface area contributed by atoms with Crippen molar-refractivity contribution < 1.29 is 34.5 Å². The van der Waals surface area contributed by atoms with Crippen molar-refractivity contribution in [1.82, 2.24) is 0 Å². The maximum Gasteiger partial charge on any atom is 1.00 e. The van der Waals surface area contributed by atoms with Crippen molar-refractivity contribution in [3.8, 4) is 0 Å². The molecule has 0 fully saturated rings. The number of nitrogens with one attached hydrogen (secondary N) is 1. The molecular formula is C5H6NNa+2. The van der Waals surface area contributed by atoms with E-state index in [1.807, 2.05) is 30.6 Å². The van der Waals surface area contributed by atoms with Gasteiger partial charge in [-0.2, -0.15) is 0 Å². The van der Waals surface area contributed by atoms with Crippen LogP contribution < -0.4 is 34.5 Å². The number of hydrogen-bond acceptors (Lipinski definition) is 0. The van der Waals surface area contributed by atoms with Crippen LogP contribution >= 0.6 is 0 Å². The molecule has 0 aliphatic rings. The van der Waals surface area contributed by atoms with E-state index >= 15 is 0 Å². The van der Waals surface area contributed by atoms with Gasteiger partial charge in [0.1, 0.15) is 0 Å². The van der Waals surface area contributed by atoms with Gasteiger partial charge in [0, 0.05) is 12.1 Å². The van der Waals surface area contributed by atoms with Gasteiger partial charge in [0.05, 0.1) is 0 Å². The molecule has 0 unspecified atom stereocenters. The Morgan fingerprint density at radius 1 is 0.857 bits per heavy atom. The number of aromatic nitrogens is 1. The fraction of sp³-hybridized carbons (Fsp3) is 0. The third kappa shape index (κ3) is 2.80. The van der Waals surface area contributed by atoms with Crippen LogP contribution in [0.3, 0.4) is 0 Å². The summed E-state index contributed by atoms with van der Waals surface area (Å²) in [5.74, 6) is 0. The summed E-state index contributed by atoms with van der Waals surface area (Å²) in [4.78, 5) is 2.89. The minimum absolute atomic E-state index is 0. The Balaban J connectivity index is 0.000000360. The molecule has 0 radical (unpaired) electrons. The number of rotatable bonds is 0. The molecule has 0 aromatic carbocycles. The molecule has 1 nitrogen and oxygen atoms in total. The third-order valence-electron chi connectivity index (χ3n) is 0.607. The monoisotopic (exact) mass is 103 g/mol. The SMILES string of the molecule is [Na+].c1cc[nH+]cc1. The van der Waals surface area contributed by atoms with E-state index in [9.17, 15) is 0 Å². The zero-order valence-corrected chi connectivity index (χ0v) is 6.39. The molecule has 0 aliphatic heterocycles. The molecule has 2 heteroatoms. The second-order valence-corrected chi connectivity index (χ2v) is 1.08. The van der Waals surface area contributed by atoms with Crippen molar-refractivity contribution in [1.29, 1.82) is 0 Å². The first-order valence-electron chi connectivity index (χ1n) is 1.91. The second-order valence-electron chi connectivity index (χ2n) is 1.08. The topological polar surface area (TPSA) is 14.1 Å². The van der Waals surface area contributed by atoms with Crippen LogP contribution in [-0.2, 0) is 0 Å². The van der Waals surface area contributed by atoms with Crippen LogP contribution in [0, 0.1) is 0 Å². The summed E-state index contributed by atoms with van der Waals surface area (Å²) >= 11 is 0. The molecule has 1 N–H and O–H groups in total. The van der Waals surface area contributed by atoms with Crippen LogP contribution in [0.1, 0.15) is 0 Å². The molecule has 0 spiro atoms. The van der Waals surface area contributed by atoms with E-state index in [4.69, 9.17) is 0 Å². The average Bonchev–Trinajstić information content (AvgIpc) is 1.72.